The van der Waals surface area contributed by atoms with Gasteiger partial charge in [0.25, 0.3) is 0 Å². The van der Waals surface area contributed by atoms with Crippen molar-refractivity contribution in [2.45, 2.75) is 44.6 Å². The van der Waals surface area contributed by atoms with Gasteiger partial charge in [0.1, 0.15) is 0 Å². The molecule has 1 aromatic carbocycles. The molecule has 0 saturated carbocycles. The second kappa shape index (κ2) is 7.10. The Balaban J connectivity index is 1.43. The van der Waals surface area contributed by atoms with Crippen LogP contribution >= 0.6 is 0 Å². The minimum atomic E-state index is 0.171. The molecular weight excluding hydrogens is 344 g/mol. The number of pyridine rings is 1. The highest BCUT2D eigenvalue weighted by molar-refractivity contribution is 5.55. The molecule has 1 unspecified atom stereocenters. The molecule has 142 valence electrons. The Bertz CT molecular complexity index is 981. The molecule has 1 atom stereocenters. The van der Waals surface area contributed by atoms with Crippen molar-refractivity contribution in [1.82, 2.24) is 19.9 Å². The second-order valence-corrected chi connectivity index (χ2v) is 8.30. The van der Waals surface area contributed by atoms with Crippen molar-refractivity contribution >= 4 is 0 Å². The second-order valence-electron chi connectivity index (χ2n) is 8.30. The lowest BCUT2D eigenvalue weighted by atomic mass is 9.77. The summed E-state index contributed by atoms with van der Waals surface area (Å²) >= 11 is 0. The van der Waals surface area contributed by atoms with Crippen LogP contribution in [0.2, 0.25) is 0 Å². The van der Waals surface area contributed by atoms with Crippen molar-refractivity contribution in [1.29, 1.82) is 0 Å². The van der Waals surface area contributed by atoms with Gasteiger partial charge < -0.3 is 0 Å². The van der Waals surface area contributed by atoms with Crippen molar-refractivity contribution in [3.05, 3.63) is 77.4 Å². The van der Waals surface area contributed by atoms with Crippen LogP contribution in [0.25, 0.3) is 11.4 Å². The predicted molar refractivity (Wildman–Crippen MR) is 111 cm³/mol. The first kappa shape index (κ1) is 17.5. The molecule has 3 aromatic rings. The molecule has 4 nitrogen and oxygen atoms in total. The molecule has 1 aliphatic carbocycles. The number of piperidine rings is 1. The SMILES string of the molecule is Cc1cccc(CN2CCCC3(CCc4cnc(-c5ccccc5)nc43)C2)n1. The van der Waals surface area contributed by atoms with E-state index in [0.717, 1.165) is 43.1 Å². The Morgan fingerprint density at radius 2 is 1.89 bits per heavy atom. The number of benzene rings is 1. The molecule has 0 radical (unpaired) electrons. The van der Waals surface area contributed by atoms with Crippen LogP contribution in [-0.4, -0.2) is 32.9 Å². The van der Waals surface area contributed by atoms with Crippen LogP contribution in [0.5, 0.6) is 0 Å². The zero-order valence-corrected chi connectivity index (χ0v) is 16.4. The van der Waals surface area contributed by atoms with Gasteiger partial charge in [0.15, 0.2) is 5.82 Å². The van der Waals surface area contributed by atoms with E-state index in [-0.39, 0.29) is 5.41 Å². The minimum absolute atomic E-state index is 0.171. The van der Waals surface area contributed by atoms with Crippen molar-refractivity contribution in [2.24, 2.45) is 0 Å². The number of aromatic nitrogens is 3. The Morgan fingerprint density at radius 3 is 2.75 bits per heavy atom. The maximum atomic E-state index is 5.10. The monoisotopic (exact) mass is 370 g/mol. The number of hydrogen-bond donors (Lipinski definition) is 0. The summed E-state index contributed by atoms with van der Waals surface area (Å²) in [6.07, 6.45) is 6.80. The standard InChI is InChI=1S/C24H26N4/c1-18-7-5-10-21(26-18)16-28-14-6-12-24(17-28)13-11-20-15-25-23(27-22(20)24)19-8-3-2-4-9-19/h2-5,7-10,15H,6,11-14,16-17H2,1H3. The van der Waals surface area contributed by atoms with Gasteiger partial charge in [-0.3, -0.25) is 9.88 Å². The summed E-state index contributed by atoms with van der Waals surface area (Å²) in [7, 11) is 0. The third-order valence-corrected chi connectivity index (χ3v) is 6.26. The molecule has 2 aromatic heterocycles. The zero-order chi connectivity index (χ0) is 19.0. The molecular formula is C24H26N4. The molecule has 1 saturated heterocycles. The molecule has 0 amide bonds. The summed E-state index contributed by atoms with van der Waals surface area (Å²) in [5.41, 5.74) is 6.17. The maximum Gasteiger partial charge on any atom is 0.159 e. The van der Waals surface area contributed by atoms with Crippen LogP contribution in [0, 0.1) is 6.92 Å². The summed E-state index contributed by atoms with van der Waals surface area (Å²) in [5.74, 6) is 0.859. The lowest BCUT2D eigenvalue weighted by molar-refractivity contribution is 0.135. The molecule has 28 heavy (non-hydrogen) atoms. The van der Waals surface area contributed by atoms with Gasteiger partial charge in [-0.1, -0.05) is 36.4 Å². The minimum Gasteiger partial charge on any atom is -0.297 e. The van der Waals surface area contributed by atoms with Gasteiger partial charge in [-0.2, -0.15) is 0 Å². The van der Waals surface area contributed by atoms with E-state index in [1.165, 1.54) is 36.2 Å². The van der Waals surface area contributed by atoms with Gasteiger partial charge in [0, 0.05) is 36.0 Å². The van der Waals surface area contributed by atoms with Crippen LogP contribution in [0.1, 0.15) is 41.9 Å². The van der Waals surface area contributed by atoms with Crippen molar-refractivity contribution < 1.29 is 0 Å². The highest BCUT2D eigenvalue weighted by Gasteiger charge is 2.43. The van der Waals surface area contributed by atoms with Gasteiger partial charge in [-0.25, -0.2) is 9.97 Å². The molecule has 0 bridgehead atoms. The summed E-state index contributed by atoms with van der Waals surface area (Å²) in [6.45, 7) is 5.20. The largest absolute Gasteiger partial charge is 0.297 e. The smallest absolute Gasteiger partial charge is 0.159 e. The first-order valence-electron chi connectivity index (χ1n) is 10.3. The Morgan fingerprint density at radius 1 is 1.00 bits per heavy atom. The summed E-state index contributed by atoms with van der Waals surface area (Å²) < 4.78 is 0. The van der Waals surface area contributed by atoms with Crippen LogP contribution in [0.4, 0.5) is 0 Å². The van der Waals surface area contributed by atoms with E-state index < -0.39 is 0 Å². The van der Waals surface area contributed by atoms with Gasteiger partial charge >= 0.3 is 0 Å². The van der Waals surface area contributed by atoms with E-state index in [4.69, 9.17) is 9.97 Å². The van der Waals surface area contributed by atoms with Crippen LogP contribution in [0.15, 0.2) is 54.7 Å². The average molecular weight is 371 g/mol. The molecule has 1 aliphatic heterocycles. The highest BCUT2D eigenvalue weighted by Crippen LogP contribution is 2.44. The molecule has 3 heterocycles. The highest BCUT2D eigenvalue weighted by atomic mass is 15.2. The molecule has 5 rings (SSSR count). The van der Waals surface area contributed by atoms with Crippen LogP contribution in [-0.2, 0) is 18.4 Å². The number of rotatable bonds is 3. The topological polar surface area (TPSA) is 41.9 Å². The van der Waals surface area contributed by atoms with E-state index in [9.17, 15) is 0 Å². The van der Waals surface area contributed by atoms with E-state index in [1.807, 2.05) is 6.07 Å². The number of fused-ring (bicyclic) bond motifs is 2. The Kier molecular flexibility index (Phi) is 4.44. The number of nitrogens with zero attached hydrogens (tertiary/aromatic N) is 4. The van der Waals surface area contributed by atoms with Gasteiger partial charge in [-0.15, -0.1) is 0 Å². The Labute approximate surface area is 166 Å². The number of likely N-dealkylation sites (tertiary alicyclic amines) is 1. The van der Waals surface area contributed by atoms with Crippen molar-refractivity contribution in [3.63, 3.8) is 0 Å². The van der Waals surface area contributed by atoms with Gasteiger partial charge in [0.2, 0.25) is 0 Å². The van der Waals surface area contributed by atoms with Crippen LogP contribution in [0.3, 0.4) is 0 Å². The quantitative estimate of drug-likeness (QED) is 0.688. The lowest BCUT2D eigenvalue weighted by Gasteiger charge is -2.40. The first-order chi connectivity index (χ1) is 13.7. The number of hydrogen-bond acceptors (Lipinski definition) is 4. The van der Waals surface area contributed by atoms with E-state index in [1.54, 1.807) is 0 Å². The molecule has 0 N–H and O–H groups in total. The van der Waals surface area contributed by atoms with Gasteiger partial charge in [-0.05, 0) is 56.8 Å². The van der Waals surface area contributed by atoms with E-state index >= 15 is 0 Å². The predicted octanol–water partition coefficient (Wildman–Crippen LogP) is 4.33. The summed E-state index contributed by atoms with van der Waals surface area (Å²) in [5, 5.41) is 0. The van der Waals surface area contributed by atoms with Crippen molar-refractivity contribution in [3.8, 4) is 11.4 Å². The molecule has 2 aliphatic rings. The average Bonchev–Trinajstić information content (AvgIpc) is 3.06. The third-order valence-electron chi connectivity index (χ3n) is 6.26. The summed E-state index contributed by atoms with van der Waals surface area (Å²) in [4.78, 5) is 17.1. The van der Waals surface area contributed by atoms with E-state index in [2.05, 4.69) is 65.5 Å². The fourth-order valence-electron chi connectivity index (χ4n) is 4.94. The number of aryl methyl sites for hydroxylation is 2. The summed E-state index contributed by atoms with van der Waals surface area (Å²) in [6, 6.07) is 16.7. The third kappa shape index (κ3) is 3.22. The fourth-order valence-corrected chi connectivity index (χ4v) is 4.94. The fraction of sp³-hybridized carbons (Fsp3) is 0.375. The molecule has 4 heteroatoms. The van der Waals surface area contributed by atoms with E-state index in [0.29, 0.717) is 0 Å². The first-order valence-corrected chi connectivity index (χ1v) is 10.3. The van der Waals surface area contributed by atoms with Crippen LogP contribution < -0.4 is 0 Å². The maximum absolute atomic E-state index is 5.10. The van der Waals surface area contributed by atoms with Gasteiger partial charge in [0.05, 0.1) is 11.4 Å². The zero-order valence-electron chi connectivity index (χ0n) is 16.4. The van der Waals surface area contributed by atoms with Crippen molar-refractivity contribution in [2.75, 3.05) is 13.1 Å². The normalized spacial score (nSPS) is 21.8. The lowest BCUT2D eigenvalue weighted by Crippen LogP contribution is -2.45. The molecule has 1 spiro atoms. The molecule has 1 fully saturated rings. The Hall–Kier alpha value is -2.59.